The number of benzene rings is 4. The maximum Gasteiger partial charge on any atom is 0.336 e. The third-order valence-electron chi connectivity index (χ3n) is 5.83. The van der Waals surface area contributed by atoms with Gasteiger partial charge in [0.15, 0.2) is 0 Å². The molecule has 0 aromatic heterocycles. The predicted octanol–water partition coefficient (Wildman–Crippen LogP) is 5.38. The summed E-state index contributed by atoms with van der Waals surface area (Å²) in [5.41, 5.74) is 1.46. The van der Waals surface area contributed by atoms with Gasteiger partial charge in [-0.3, -0.25) is 14.9 Å². The molecule has 172 valence electrons. The minimum atomic E-state index is -1.03. The van der Waals surface area contributed by atoms with Crippen molar-refractivity contribution in [1.29, 1.82) is 0 Å². The fourth-order valence-electron chi connectivity index (χ4n) is 4.19. The largest absolute Gasteiger partial charge is 0.336 e. The lowest BCUT2D eigenvalue weighted by molar-refractivity contribution is -0.122. The number of halogens is 2. The number of imide groups is 2. The highest BCUT2D eigenvalue weighted by atomic mass is 19.1. The Bertz CT molecular complexity index is 1540. The van der Waals surface area contributed by atoms with E-state index in [0.717, 1.165) is 22.4 Å². The van der Waals surface area contributed by atoms with Gasteiger partial charge in [0.25, 0.3) is 11.8 Å². The smallest absolute Gasteiger partial charge is 0.273 e. The summed E-state index contributed by atoms with van der Waals surface area (Å²) in [6, 6.07) is 21.7. The van der Waals surface area contributed by atoms with E-state index in [1.54, 1.807) is 12.1 Å². The van der Waals surface area contributed by atoms with Gasteiger partial charge >= 0.3 is 6.03 Å². The Kier molecular flexibility index (Phi) is 5.66. The number of barbiturate groups is 1. The van der Waals surface area contributed by atoms with E-state index < -0.39 is 23.7 Å². The Balaban J connectivity index is 1.66. The van der Waals surface area contributed by atoms with Gasteiger partial charge in [0.2, 0.25) is 0 Å². The van der Waals surface area contributed by atoms with Gasteiger partial charge < -0.3 is 0 Å². The third-order valence-corrected chi connectivity index (χ3v) is 5.83. The molecule has 0 spiro atoms. The summed E-state index contributed by atoms with van der Waals surface area (Å²) in [5, 5.41) is 3.76. The number of nitrogens with zero attached hydrogens (tertiary/aromatic N) is 1. The lowest BCUT2D eigenvalue weighted by Crippen LogP contribution is -2.54. The van der Waals surface area contributed by atoms with Crippen LogP contribution in [-0.2, 0) is 16.0 Å². The van der Waals surface area contributed by atoms with Crippen LogP contribution < -0.4 is 10.2 Å². The fourth-order valence-corrected chi connectivity index (χ4v) is 4.19. The molecule has 0 aliphatic carbocycles. The second-order valence-corrected chi connectivity index (χ2v) is 8.08. The van der Waals surface area contributed by atoms with Gasteiger partial charge in [0.05, 0.1) is 5.69 Å². The lowest BCUT2D eigenvalue weighted by Gasteiger charge is -2.26. The highest BCUT2D eigenvalue weighted by molar-refractivity contribution is 6.39. The number of rotatable bonds is 4. The first-order valence-corrected chi connectivity index (χ1v) is 10.8. The van der Waals surface area contributed by atoms with Gasteiger partial charge in [-0.2, -0.15) is 0 Å². The quantitative estimate of drug-likeness (QED) is 0.323. The molecular formula is C28H18F2N2O3. The monoisotopic (exact) mass is 468 g/mol. The Morgan fingerprint density at radius 3 is 2.40 bits per heavy atom. The van der Waals surface area contributed by atoms with Gasteiger partial charge in [-0.1, -0.05) is 60.7 Å². The molecule has 0 atom stereocenters. The minimum absolute atomic E-state index is 0.258. The van der Waals surface area contributed by atoms with Crippen molar-refractivity contribution in [1.82, 2.24) is 5.32 Å². The van der Waals surface area contributed by atoms with E-state index in [9.17, 15) is 23.2 Å². The fraction of sp³-hybridized carbons (Fsp3) is 0.0357. The maximum absolute atomic E-state index is 14.4. The van der Waals surface area contributed by atoms with E-state index in [2.05, 4.69) is 5.32 Å². The van der Waals surface area contributed by atoms with Crippen LogP contribution in [0.4, 0.5) is 19.3 Å². The van der Waals surface area contributed by atoms with Crippen LogP contribution in [0.2, 0.25) is 0 Å². The van der Waals surface area contributed by atoms with Crippen molar-refractivity contribution in [2.24, 2.45) is 0 Å². The maximum atomic E-state index is 14.4. The van der Waals surface area contributed by atoms with Crippen molar-refractivity contribution in [2.45, 2.75) is 6.42 Å². The van der Waals surface area contributed by atoms with E-state index in [4.69, 9.17) is 0 Å². The van der Waals surface area contributed by atoms with Crippen LogP contribution in [0.1, 0.15) is 16.7 Å². The molecule has 1 N–H and O–H groups in total. The number of para-hydroxylation sites is 1. The summed E-state index contributed by atoms with van der Waals surface area (Å²) >= 11 is 0. The number of anilines is 1. The number of fused-ring (bicyclic) bond motifs is 1. The van der Waals surface area contributed by atoms with Crippen LogP contribution in [0.15, 0.2) is 90.5 Å². The second kappa shape index (κ2) is 8.95. The molecule has 4 amide bonds. The summed E-state index contributed by atoms with van der Waals surface area (Å²) in [7, 11) is 0. The molecule has 1 heterocycles. The zero-order valence-electron chi connectivity index (χ0n) is 18.3. The van der Waals surface area contributed by atoms with Crippen LogP contribution in [0.3, 0.4) is 0 Å². The molecule has 1 aliphatic heterocycles. The molecule has 0 unspecified atom stereocenters. The van der Waals surface area contributed by atoms with Crippen molar-refractivity contribution in [3.63, 3.8) is 0 Å². The minimum Gasteiger partial charge on any atom is -0.273 e. The van der Waals surface area contributed by atoms with E-state index in [1.165, 1.54) is 36.4 Å². The van der Waals surface area contributed by atoms with Crippen LogP contribution in [0.25, 0.3) is 16.8 Å². The number of nitrogens with one attached hydrogen (secondary N) is 1. The first kappa shape index (κ1) is 22.2. The molecule has 0 radical (unpaired) electrons. The Morgan fingerprint density at radius 1 is 0.829 bits per heavy atom. The number of hydrogen-bond donors (Lipinski definition) is 1. The summed E-state index contributed by atoms with van der Waals surface area (Å²) in [6.45, 7) is 0. The zero-order chi connectivity index (χ0) is 24.5. The predicted molar refractivity (Wildman–Crippen MR) is 129 cm³/mol. The highest BCUT2D eigenvalue weighted by Crippen LogP contribution is 2.29. The number of amides is 4. The Labute approximate surface area is 199 Å². The van der Waals surface area contributed by atoms with Crippen molar-refractivity contribution in [3.05, 3.63) is 119 Å². The lowest BCUT2D eigenvalue weighted by atomic mass is 9.92. The third kappa shape index (κ3) is 4.19. The van der Waals surface area contributed by atoms with Gasteiger partial charge in [0, 0.05) is 0 Å². The van der Waals surface area contributed by atoms with Gasteiger partial charge in [0.1, 0.15) is 17.2 Å². The van der Waals surface area contributed by atoms with Crippen LogP contribution in [0, 0.1) is 11.6 Å². The SMILES string of the molecule is O=C1NC(=O)N(c2ccccc2F)C(=O)/C1=C\c1c(Cc2cccc(F)c2)ccc2ccccc12. The summed E-state index contributed by atoms with van der Waals surface area (Å²) in [6.07, 6.45) is 1.75. The van der Waals surface area contributed by atoms with Crippen molar-refractivity contribution < 1.29 is 23.2 Å². The highest BCUT2D eigenvalue weighted by Gasteiger charge is 2.38. The molecule has 4 aromatic carbocycles. The van der Waals surface area contributed by atoms with Gasteiger partial charge in [-0.05, 0) is 64.2 Å². The molecule has 0 bridgehead atoms. The Morgan fingerprint density at radius 2 is 1.60 bits per heavy atom. The molecule has 5 rings (SSSR count). The number of urea groups is 1. The average molecular weight is 468 g/mol. The van der Waals surface area contributed by atoms with E-state index in [1.807, 2.05) is 36.4 Å². The standard InChI is InChI=1S/C28H18F2N2O3/c29-20-8-5-6-17(15-20)14-19-13-12-18-7-1-2-9-21(18)22(19)16-23-26(33)31-28(35)32(27(23)34)25-11-4-3-10-24(25)30/h1-13,15-16H,14H2,(H,31,33,35)/b23-16-. The van der Waals surface area contributed by atoms with Gasteiger partial charge in [-0.15, -0.1) is 0 Å². The van der Waals surface area contributed by atoms with Crippen LogP contribution in [-0.4, -0.2) is 17.8 Å². The molecular weight excluding hydrogens is 450 g/mol. The molecule has 7 heteroatoms. The topological polar surface area (TPSA) is 66.5 Å². The average Bonchev–Trinajstić information content (AvgIpc) is 2.84. The molecule has 5 nitrogen and oxygen atoms in total. The molecule has 1 aliphatic rings. The van der Waals surface area contributed by atoms with Crippen LogP contribution >= 0.6 is 0 Å². The molecule has 1 saturated heterocycles. The summed E-state index contributed by atoms with van der Waals surface area (Å²) in [4.78, 5) is 39.1. The molecule has 35 heavy (non-hydrogen) atoms. The summed E-state index contributed by atoms with van der Waals surface area (Å²) < 4.78 is 28.2. The van der Waals surface area contributed by atoms with E-state index in [0.29, 0.717) is 22.4 Å². The first-order chi connectivity index (χ1) is 16.9. The molecule has 1 fully saturated rings. The second-order valence-electron chi connectivity index (χ2n) is 8.08. The van der Waals surface area contributed by atoms with E-state index >= 15 is 0 Å². The van der Waals surface area contributed by atoms with Crippen molar-refractivity contribution in [3.8, 4) is 0 Å². The molecule has 4 aromatic rings. The Hall–Kier alpha value is -4.65. The molecule has 0 saturated carbocycles. The number of hydrogen-bond acceptors (Lipinski definition) is 3. The van der Waals surface area contributed by atoms with Crippen LogP contribution in [0.5, 0.6) is 0 Å². The van der Waals surface area contributed by atoms with Crippen molar-refractivity contribution >= 4 is 40.4 Å². The van der Waals surface area contributed by atoms with E-state index in [-0.39, 0.29) is 17.1 Å². The normalized spacial score (nSPS) is 15.1. The number of carbonyl (C=O) groups is 3. The zero-order valence-corrected chi connectivity index (χ0v) is 18.3. The van der Waals surface area contributed by atoms with Gasteiger partial charge in [-0.25, -0.2) is 18.5 Å². The first-order valence-electron chi connectivity index (χ1n) is 10.8. The summed E-state index contributed by atoms with van der Waals surface area (Å²) in [5.74, 6) is -2.96. The van der Waals surface area contributed by atoms with Crippen molar-refractivity contribution in [2.75, 3.05) is 4.90 Å². The number of carbonyl (C=O) groups excluding carboxylic acids is 3.